The number of nitrogens with zero attached hydrogens (tertiary/aromatic N) is 3. The van der Waals surface area contributed by atoms with Gasteiger partial charge in [0.05, 0.1) is 0 Å². The van der Waals surface area contributed by atoms with Gasteiger partial charge in [0, 0.05) is 0 Å². The fraction of sp³-hybridized carbons (Fsp3) is 1.00. The second kappa shape index (κ2) is 11.9. The molecule has 1 atom stereocenters. The summed E-state index contributed by atoms with van der Waals surface area (Å²) in [6.07, 6.45) is -0.877. The summed E-state index contributed by atoms with van der Waals surface area (Å²) in [5.74, 6) is 0. The maximum absolute atomic E-state index is 13.6. The SMILES string of the molecule is CN1CCNCC(F)[N]([Ti+2])CCN(C)CC1.[Cl-].[Cl-]. The van der Waals surface area contributed by atoms with Crippen LogP contribution in [-0.4, -0.2) is 79.4 Å². The number of hydrogen-bond acceptors (Lipinski definition) is 4. The zero-order chi connectivity index (χ0) is 12.0. The molecule has 0 aromatic rings. The third-order valence-corrected chi connectivity index (χ3v) is 3.69. The predicted molar refractivity (Wildman–Crippen MR) is 59.5 cm³/mol. The minimum atomic E-state index is -0.877. The summed E-state index contributed by atoms with van der Waals surface area (Å²) in [7, 11) is 4.21. The molecule has 1 unspecified atom stereocenters. The van der Waals surface area contributed by atoms with Gasteiger partial charge < -0.3 is 24.8 Å². The Hall–Kier alpha value is 1.06. The molecule has 1 aliphatic heterocycles. The third kappa shape index (κ3) is 9.05. The van der Waals surface area contributed by atoms with Crippen LogP contribution in [0.15, 0.2) is 0 Å². The van der Waals surface area contributed by atoms with Gasteiger partial charge in [0.2, 0.25) is 0 Å². The predicted octanol–water partition coefficient (Wildman–Crippen LogP) is -6.48. The number of hydrogen-bond donors (Lipinski definition) is 1. The monoisotopic (exact) mass is 335 g/mol. The van der Waals surface area contributed by atoms with E-state index in [0.717, 1.165) is 39.3 Å². The van der Waals surface area contributed by atoms with Crippen LogP contribution in [0.1, 0.15) is 0 Å². The van der Waals surface area contributed by atoms with Crippen molar-refractivity contribution in [1.29, 1.82) is 0 Å². The largest absolute Gasteiger partial charge is 1.00 e. The Balaban J connectivity index is 0. The molecule has 1 rings (SSSR count). The molecule has 0 bridgehead atoms. The molecule has 8 heteroatoms. The van der Waals surface area contributed by atoms with Crippen LogP contribution < -0.4 is 30.1 Å². The summed E-state index contributed by atoms with van der Waals surface area (Å²) < 4.78 is 15.4. The minimum Gasteiger partial charge on any atom is -1.00 e. The normalized spacial score (nSPS) is 26.4. The molecular formula is C10H22Cl2FN4Ti. The number of likely N-dealkylation sites (N-methyl/N-ethyl adjacent to an activating group) is 2. The zero-order valence-corrected chi connectivity index (χ0v) is 14.1. The van der Waals surface area contributed by atoms with E-state index in [4.69, 9.17) is 0 Å². The summed E-state index contributed by atoms with van der Waals surface area (Å²) in [6.45, 7) is 6.07. The smallest absolute Gasteiger partial charge is 1.00 e. The van der Waals surface area contributed by atoms with Gasteiger partial charge in [0.15, 0.2) is 0 Å². The van der Waals surface area contributed by atoms with E-state index in [9.17, 15) is 4.39 Å². The van der Waals surface area contributed by atoms with Gasteiger partial charge in [0.1, 0.15) is 0 Å². The van der Waals surface area contributed by atoms with E-state index in [1.165, 1.54) is 0 Å². The summed E-state index contributed by atoms with van der Waals surface area (Å²) in [4.78, 5) is 4.54. The maximum atomic E-state index is 13.6. The average molecular weight is 336 g/mol. The number of halogens is 3. The zero-order valence-electron chi connectivity index (χ0n) is 11.0. The molecule has 1 fully saturated rings. The van der Waals surface area contributed by atoms with Crippen LogP contribution in [0.5, 0.6) is 0 Å². The van der Waals surface area contributed by atoms with E-state index >= 15 is 0 Å². The summed E-state index contributed by atoms with van der Waals surface area (Å²) in [5, 5.41) is 3.15. The van der Waals surface area contributed by atoms with E-state index in [0.29, 0.717) is 6.54 Å². The van der Waals surface area contributed by atoms with E-state index in [-0.39, 0.29) is 24.8 Å². The average Bonchev–Trinajstić information content (AvgIpc) is 2.27. The van der Waals surface area contributed by atoms with Gasteiger partial charge >= 0.3 is 110 Å². The van der Waals surface area contributed by atoms with Crippen LogP contribution >= 0.6 is 0 Å². The summed E-state index contributed by atoms with van der Waals surface area (Å²) >= 11 is 1.85. The van der Waals surface area contributed by atoms with Crippen molar-refractivity contribution in [1.82, 2.24) is 18.5 Å². The number of alkyl halides is 1. The third-order valence-electron chi connectivity index (χ3n) is 2.91. The van der Waals surface area contributed by atoms with Crippen molar-refractivity contribution in [3.05, 3.63) is 0 Å². The van der Waals surface area contributed by atoms with Gasteiger partial charge in [0.25, 0.3) is 0 Å². The van der Waals surface area contributed by atoms with Crippen LogP contribution in [0, 0.1) is 0 Å². The summed E-state index contributed by atoms with van der Waals surface area (Å²) in [6, 6.07) is 0. The fourth-order valence-electron chi connectivity index (χ4n) is 1.58. The van der Waals surface area contributed by atoms with Gasteiger partial charge in [-0.15, -0.1) is 0 Å². The molecule has 0 saturated carbocycles. The molecular weight excluding hydrogens is 314 g/mol. The molecule has 107 valence electrons. The Morgan fingerprint density at radius 2 is 1.50 bits per heavy atom. The van der Waals surface area contributed by atoms with Gasteiger partial charge in [-0.25, -0.2) is 0 Å². The van der Waals surface area contributed by atoms with Crippen LogP contribution in [0.2, 0.25) is 0 Å². The van der Waals surface area contributed by atoms with Gasteiger partial charge in [-0.1, -0.05) is 0 Å². The topological polar surface area (TPSA) is 21.8 Å². The van der Waals surface area contributed by atoms with Crippen molar-refractivity contribution in [2.45, 2.75) is 6.30 Å². The molecule has 4 nitrogen and oxygen atoms in total. The van der Waals surface area contributed by atoms with E-state index in [1.54, 1.807) is 3.38 Å². The van der Waals surface area contributed by atoms with Crippen LogP contribution in [-0.2, 0) is 20.7 Å². The summed E-state index contributed by atoms with van der Waals surface area (Å²) in [5.41, 5.74) is 0. The number of nitrogens with one attached hydrogen (secondary N) is 1. The Labute approximate surface area is 134 Å². The minimum absolute atomic E-state index is 0. The van der Waals surface area contributed by atoms with Crippen LogP contribution in [0.3, 0.4) is 0 Å². The first-order valence-electron chi connectivity index (χ1n) is 5.79. The van der Waals surface area contributed by atoms with E-state index in [2.05, 4.69) is 29.2 Å². The quantitative estimate of drug-likeness (QED) is 0.351. The Kier molecular flexibility index (Phi) is 14.1. The first-order chi connectivity index (χ1) is 7.59. The molecule has 0 aliphatic carbocycles. The Morgan fingerprint density at radius 3 is 2.11 bits per heavy atom. The van der Waals surface area contributed by atoms with E-state index < -0.39 is 6.30 Å². The fourth-order valence-corrected chi connectivity index (χ4v) is 1.88. The van der Waals surface area contributed by atoms with Crippen molar-refractivity contribution >= 4 is 0 Å². The molecule has 0 aromatic carbocycles. The molecule has 0 spiro atoms. The van der Waals surface area contributed by atoms with Crippen molar-refractivity contribution in [2.24, 2.45) is 0 Å². The Morgan fingerprint density at radius 1 is 1.00 bits per heavy atom. The second-order valence-electron chi connectivity index (χ2n) is 4.44. The first kappa shape index (κ1) is 21.4. The Bertz CT molecular complexity index is 205. The molecule has 1 heterocycles. The van der Waals surface area contributed by atoms with Crippen LogP contribution in [0.4, 0.5) is 4.39 Å². The van der Waals surface area contributed by atoms with Crippen molar-refractivity contribution < 1.29 is 49.9 Å². The van der Waals surface area contributed by atoms with Gasteiger partial charge in [-0.2, -0.15) is 0 Å². The van der Waals surface area contributed by atoms with Gasteiger partial charge in [-0.3, -0.25) is 0 Å². The molecule has 18 heavy (non-hydrogen) atoms. The van der Waals surface area contributed by atoms with Gasteiger partial charge in [-0.05, 0) is 0 Å². The molecule has 1 saturated heterocycles. The standard InChI is InChI=1S/C10H22FN4.2ClH.Ti/c1-14-5-3-12-9-10(11)13-4-6-15(2)8-7-14;;;/h10,12H,3-9H2,1-2H3;2*1H;/q-1;;;+3/p-2. The number of rotatable bonds is 0. The van der Waals surface area contributed by atoms with Crippen molar-refractivity contribution in [3.8, 4) is 0 Å². The van der Waals surface area contributed by atoms with Crippen LogP contribution in [0.25, 0.3) is 0 Å². The maximum Gasteiger partial charge on any atom is -1.00 e. The molecule has 0 amide bonds. The first-order valence-corrected chi connectivity index (χ1v) is 6.49. The molecule has 0 aromatic heterocycles. The molecule has 0 radical (unpaired) electrons. The second-order valence-corrected chi connectivity index (χ2v) is 5.34. The van der Waals surface area contributed by atoms with Crippen molar-refractivity contribution in [2.75, 3.05) is 59.9 Å². The van der Waals surface area contributed by atoms with E-state index in [1.807, 2.05) is 20.7 Å². The van der Waals surface area contributed by atoms with Crippen molar-refractivity contribution in [3.63, 3.8) is 0 Å². The molecule has 1 N–H and O–H groups in total. The molecule has 1 aliphatic rings.